The van der Waals surface area contributed by atoms with Crippen LogP contribution < -0.4 is 0 Å². The van der Waals surface area contributed by atoms with Gasteiger partial charge in [-0.25, -0.2) is 0 Å². The van der Waals surface area contributed by atoms with Crippen LogP contribution in [0.25, 0.3) is 0 Å². The van der Waals surface area contributed by atoms with Crippen LogP contribution in [0.5, 0.6) is 0 Å². The van der Waals surface area contributed by atoms with Gasteiger partial charge in [0.15, 0.2) is 0 Å². The van der Waals surface area contributed by atoms with Gasteiger partial charge in [0.05, 0.1) is 5.92 Å². The monoisotopic (exact) mass is 193 g/mol. The third kappa shape index (κ3) is 3.41. The number of carboxylic acids is 1. The molecule has 0 amide bonds. The number of nitrogens with zero attached hydrogens (tertiary/aromatic N) is 1. The van der Waals surface area contributed by atoms with E-state index in [-0.39, 0.29) is 18.3 Å². The maximum atomic E-state index is 10.5. The Morgan fingerprint density at radius 2 is 2.00 bits per heavy atom. The number of hydrogen-bond donors (Lipinski definition) is 1. The molecule has 0 aromatic heterocycles. The minimum Gasteiger partial charge on any atom is -0.481 e. The molecule has 1 rings (SSSR count). The number of hydrogen-bond acceptors (Lipinski definition) is 2. The zero-order chi connectivity index (χ0) is 8.27. The van der Waals surface area contributed by atoms with Crippen molar-refractivity contribution in [2.24, 2.45) is 5.92 Å². The molecule has 12 heavy (non-hydrogen) atoms. The molecule has 1 unspecified atom stereocenters. The normalized spacial score (nSPS) is 20.1. The van der Waals surface area contributed by atoms with Crippen LogP contribution in [-0.4, -0.2) is 35.6 Å². The van der Waals surface area contributed by atoms with E-state index in [9.17, 15) is 4.79 Å². The quantitative estimate of drug-likeness (QED) is 0.733. The first-order valence-corrected chi connectivity index (χ1v) is 4.15. The van der Waals surface area contributed by atoms with E-state index in [4.69, 9.17) is 5.11 Å². The Morgan fingerprint density at radius 1 is 1.50 bits per heavy atom. The second-order valence-electron chi connectivity index (χ2n) is 3.25. The van der Waals surface area contributed by atoms with Crippen LogP contribution in [0.4, 0.5) is 0 Å². The maximum absolute atomic E-state index is 10.5. The summed E-state index contributed by atoms with van der Waals surface area (Å²) in [4.78, 5) is 12.7. The summed E-state index contributed by atoms with van der Waals surface area (Å²) in [5.74, 6) is -0.898. The molecule has 0 spiro atoms. The zero-order valence-electron chi connectivity index (χ0n) is 7.32. The third-order valence-electron chi connectivity index (χ3n) is 2.15. The van der Waals surface area contributed by atoms with Crippen molar-refractivity contribution in [2.75, 3.05) is 19.6 Å². The van der Waals surface area contributed by atoms with Gasteiger partial charge in [-0.1, -0.05) is 6.92 Å². The second kappa shape index (κ2) is 5.38. The summed E-state index contributed by atoms with van der Waals surface area (Å²) >= 11 is 0. The van der Waals surface area contributed by atoms with E-state index in [2.05, 4.69) is 4.90 Å². The van der Waals surface area contributed by atoms with Gasteiger partial charge < -0.3 is 10.0 Å². The first-order chi connectivity index (χ1) is 5.20. The van der Waals surface area contributed by atoms with Crippen molar-refractivity contribution in [1.29, 1.82) is 0 Å². The number of carbonyl (C=O) groups is 1. The Bertz CT molecular complexity index is 146. The molecule has 1 saturated heterocycles. The molecule has 0 bridgehead atoms. The summed E-state index contributed by atoms with van der Waals surface area (Å²) in [5.41, 5.74) is 0. The lowest BCUT2D eigenvalue weighted by atomic mass is 10.2. The average Bonchev–Trinajstić information content (AvgIpc) is 2.39. The Balaban J connectivity index is 0.00000121. The molecule has 1 N–H and O–H groups in total. The van der Waals surface area contributed by atoms with E-state index in [1.54, 1.807) is 6.92 Å². The van der Waals surface area contributed by atoms with E-state index in [0.29, 0.717) is 0 Å². The molecule has 3 nitrogen and oxygen atoms in total. The van der Waals surface area contributed by atoms with Crippen LogP contribution in [0.3, 0.4) is 0 Å². The third-order valence-corrected chi connectivity index (χ3v) is 2.15. The van der Waals surface area contributed by atoms with E-state index in [1.807, 2.05) is 0 Å². The van der Waals surface area contributed by atoms with E-state index in [0.717, 1.165) is 19.6 Å². The van der Waals surface area contributed by atoms with Gasteiger partial charge in [0.2, 0.25) is 0 Å². The molecule has 0 radical (unpaired) electrons. The van der Waals surface area contributed by atoms with E-state index < -0.39 is 5.97 Å². The molecule has 1 atom stereocenters. The van der Waals surface area contributed by atoms with Crippen molar-refractivity contribution in [3.63, 3.8) is 0 Å². The highest BCUT2D eigenvalue weighted by molar-refractivity contribution is 5.85. The van der Waals surface area contributed by atoms with Crippen molar-refractivity contribution in [1.82, 2.24) is 4.90 Å². The largest absolute Gasteiger partial charge is 0.481 e. The fraction of sp³-hybridized carbons (Fsp3) is 0.875. The second-order valence-corrected chi connectivity index (χ2v) is 3.25. The summed E-state index contributed by atoms with van der Waals surface area (Å²) in [7, 11) is 0. The molecule has 0 aromatic rings. The fourth-order valence-electron chi connectivity index (χ4n) is 1.43. The van der Waals surface area contributed by atoms with Crippen molar-refractivity contribution in [3.05, 3.63) is 0 Å². The SMILES string of the molecule is CC(CN1CCCC1)C(=O)O.Cl. The summed E-state index contributed by atoms with van der Waals surface area (Å²) < 4.78 is 0. The van der Waals surface area contributed by atoms with Crippen LogP contribution in [0.2, 0.25) is 0 Å². The van der Waals surface area contributed by atoms with Crippen LogP contribution in [0, 0.1) is 5.92 Å². The molecule has 0 aromatic carbocycles. The van der Waals surface area contributed by atoms with Crippen LogP contribution in [-0.2, 0) is 4.79 Å². The highest BCUT2D eigenvalue weighted by atomic mass is 35.5. The minimum absolute atomic E-state index is 0. The highest BCUT2D eigenvalue weighted by Gasteiger charge is 2.18. The predicted molar refractivity (Wildman–Crippen MR) is 49.7 cm³/mol. The highest BCUT2D eigenvalue weighted by Crippen LogP contribution is 2.09. The molecular weight excluding hydrogens is 178 g/mol. The van der Waals surface area contributed by atoms with Gasteiger partial charge in [-0.15, -0.1) is 12.4 Å². The summed E-state index contributed by atoms with van der Waals surface area (Å²) in [6.07, 6.45) is 2.46. The van der Waals surface area contributed by atoms with Gasteiger partial charge in [0.1, 0.15) is 0 Å². The molecule has 1 aliphatic heterocycles. The molecule has 72 valence electrons. The van der Waals surface area contributed by atoms with Gasteiger partial charge in [-0.3, -0.25) is 4.79 Å². The van der Waals surface area contributed by atoms with Crippen molar-refractivity contribution in [2.45, 2.75) is 19.8 Å². The van der Waals surface area contributed by atoms with Gasteiger partial charge in [-0.2, -0.15) is 0 Å². The van der Waals surface area contributed by atoms with E-state index in [1.165, 1.54) is 12.8 Å². The van der Waals surface area contributed by atoms with Crippen LogP contribution >= 0.6 is 12.4 Å². The molecule has 4 heteroatoms. The molecule has 0 saturated carbocycles. The molecule has 1 fully saturated rings. The first kappa shape index (κ1) is 11.7. The number of aliphatic carboxylic acids is 1. The summed E-state index contributed by atoms with van der Waals surface area (Å²) in [6, 6.07) is 0. The van der Waals surface area contributed by atoms with Gasteiger partial charge >= 0.3 is 5.97 Å². The number of halogens is 1. The van der Waals surface area contributed by atoms with Gasteiger partial charge in [-0.05, 0) is 25.9 Å². The topological polar surface area (TPSA) is 40.5 Å². The number of carboxylic acid groups (broad SMARTS) is 1. The van der Waals surface area contributed by atoms with Gasteiger partial charge in [0, 0.05) is 6.54 Å². The lowest BCUT2D eigenvalue weighted by Crippen LogP contribution is -2.29. The summed E-state index contributed by atoms with van der Waals surface area (Å²) in [6.45, 7) is 4.64. The molecular formula is C8H16ClNO2. The maximum Gasteiger partial charge on any atom is 0.307 e. The van der Waals surface area contributed by atoms with Gasteiger partial charge in [0.25, 0.3) is 0 Å². The van der Waals surface area contributed by atoms with E-state index >= 15 is 0 Å². The standard InChI is InChI=1S/C8H15NO2.ClH/c1-7(8(10)11)6-9-4-2-3-5-9;/h7H,2-6H2,1H3,(H,10,11);1H. The Morgan fingerprint density at radius 3 is 2.42 bits per heavy atom. The molecule has 0 aliphatic carbocycles. The minimum atomic E-state index is -0.683. The summed E-state index contributed by atoms with van der Waals surface area (Å²) in [5, 5.41) is 8.62. The van der Waals surface area contributed by atoms with Crippen molar-refractivity contribution >= 4 is 18.4 Å². The Labute approximate surface area is 79.2 Å². The van der Waals surface area contributed by atoms with Crippen LogP contribution in [0.15, 0.2) is 0 Å². The number of rotatable bonds is 3. The van der Waals surface area contributed by atoms with Crippen LogP contribution in [0.1, 0.15) is 19.8 Å². The Kier molecular flexibility index (Phi) is 5.25. The molecule has 1 aliphatic rings. The fourth-order valence-corrected chi connectivity index (χ4v) is 1.43. The zero-order valence-corrected chi connectivity index (χ0v) is 8.14. The number of likely N-dealkylation sites (tertiary alicyclic amines) is 1. The lowest BCUT2D eigenvalue weighted by molar-refractivity contribution is -0.141. The van der Waals surface area contributed by atoms with Crippen molar-refractivity contribution < 1.29 is 9.90 Å². The lowest BCUT2D eigenvalue weighted by Gasteiger charge is -2.16. The first-order valence-electron chi connectivity index (χ1n) is 4.15. The van der Waals surface area contributed by atoms with Crippen molar-refractivity contribution in [3.8, 4) is 0 Å². The Hall–Kier alpha value is -0.280. The average molecular weight is 194 g/mol. The predicted octanol–water partition coefficient (Wildman–Crippen LogP) is 1.22. The molecule has 1 heterocycles. The smallest absolute Gasteiger partial charge is 0.307 e.